The van der Waals surface area contributed by atoms with Crippen LogP contribution in [0.15, 0.2) is 24.5 Å². The second kappa shape index (κ2) is 5.72. The molecule has 0 atom stereocenters. The van der Waals surface area contributed by atoms with E-state index in [-0.39, 0.29) is 0 Å². The summed E-state index contributed by atoms with van der Waals surface area (Å²) >= 11 is 0. The first-order valence-electron chi connectivity index (χ1n) is 7.12. The number of pyridine rings is 1. The lowest BCUT2D eigenvalue weighted by Crippen LogP contribution is -2.15. The summed E-state index contributed by atoms with van der Waals surface area (Å²) in [6.45, 7) is 5.34. The molecule has 0 spiro atoms. The number of nitrogens with zero attached hydrogens (tertiary/aromatic N) is 2. The highest BCUT2D eigenvalue weighted by atomic mass is 16.5. The molecule has 1 saturated carbocycles. The van der Waals surface area contributed by atoms with E-state index in [2.05, 4.69) is 27.1 Å². The highest BCUT2D eigenvalue weighted by Gasteiger charge is 2.20. The Morgan fingerprint density at radius 2 is 2.37 bits per heavy atom. The SMILES string of the molecule is CCOCCn1cc(CNC2CC2)c2cccnc21. The zero-order chi connectivity index (χ0) is 13.1. The zero-order valence-electron chi connectivity index (χ0n) is 11.4. The van der Waals surface area contributed by atoms with Crippen LogP contribution in [-0.2, 0) is 17.8 Å². The van der Waals surface area contributed by atoms with Gasteiger partial charge in [-0.15, -0.1) is 0 Å². The molecular formula is C15H21N3O. The molecule has 102 valence electrons. The van der Waals surface area contributed by atoms with E-state index in [1.807, 2.05) is 19.2 Å². The van der Waals surface area contributed by atoms with Crippen molar-refractivity contribution >= 4 is 11.0 Å². The number of hydrogen-bond acceptors (Lipinski definition) is 3. The molecule has 4 nitrogen and oxygen atoms in total. The maximum atomic E-state index is 5.44. The van der Waals surface area contributed by atoms with Crippen molar-refractivity contribution < 1.29 is 4.74 Å². The summed E-state index contributed by atoms with van der Waals surface area (Å²) in [6, 6.07) is 4.90. The van der Waals surface area contributed by atoms with Gasteiger partial charge < -0.3 is 14.6 Å². The molecule has 3 rings (SSSR count). The predicted molar refractivity (Wildman–Crippen MR) is 76.1 cm³/mol. The molecule has 2 aromatic heterocycles. The van der Waals surface area contributed by atoms with Crippen LogP contribution in [0, 0.1) is 0 Å². The van der Waals surface area contributed by atoms with E-state index in [1.54, 1.807) is 0 Å². The molecule has 0 amide bonds. The van der Waals surface area contributed by atoms with E-state index in [4.69, 9.17) is 4.74 Å². The van der Waals surface area contributed by atoms with Crippen LogP contribution in [0.2, 0.25) is 0 Å². The molecule has 0 radical (unpaired) electrons. The Balaban J connectivity index is 1.79. The predicted octanol–water partition coefficient (Wildman–Crippen LogP) is 2.32. The fourth-order valence-electron chi connectivity index (χ4n) is 2.36. The highest BCUT2D eigenvalue weighted by molar-refractivity contribution is 5.80. The van der Waals surface area contributed by atoms with Crippen molar-refractivity contribution in [1.82, 2.24) is 14.9 Å². The van der Waals surface area contributed by atoms with Crippen molar-refractivity contribution in [3.05, 3.63) is 30.1 Å². The van der Waals surface area contributed by atoms with Gasteiger partial charge in [0, 0.05) is 43.5 Å². The van der Waals surface area contributed by atoms with Gasteiger partial charge in [0.25, 0.3) is 0 Å². The molecule has 2 aromatic rings. The van der Waals surface area contributed by atoms with Gasteiger partial charge in [-0.1, -0.05) is 0 Å². The molecular weight excluding hydrogens is 238 g/mol. The molecule has 4 heteroatoms. The largest absolute Gasteiger partial charge is 0.380 e. The van der Waals surface area contributed by atoms with Gasteiger partial charge >= 0.3 is 0 Å². The summed E-state index contributed by atoms with van der Waals surface area (Å²) in [5.41, 5.74) is 2.40. The third-order valence-corrected chi connectivity index (χ3v) is 3.56. The van der Waals surface area contributed by atoms with Crippen LogP contribution < -0.4 is 5.32 Å². The lowest BCUT2D eigenvalue weighted by molar-refractivity contribution is 0.140. The number of rotatable bonds is 7. The highest BCUT2D eigenvalue weighted by Crippen LogP contribution is 2.23. The van der Waals surface area contributed by atoms with E-state index in [1.165, 1.54) is 23.8 Å². The first kappa shape index (κ1) is 12.6. The minimum atomic E-state index is 0.735. The second-order valence-electron chi connectivity index (χ2n) is 5.07. The number of fused-ring (bicyclic) bond motifs is 1. The molecule has 2 heterocycles. The first-order chi connectivity index (χ1) is 9.38. The van der Waals surface area contributed by atoms with Gasteiger partial charge in [0.05, 0.1) is 6.61 Å². The second-order valence-corrected chi connectivity index (χ2v) is 5.07. The van der Waals surface area contributed by atoms with Crippen molar-refractivity contribution in [2.45, 2.75) is 38.9 Å². The summed E-state index contributed by atoms with van der Waals surface area (Å²) in [6.07, 6.45) is 6.71. The van der Waals surface area contributed by atoms with Crippen LogP contribution >= 0.6 is 0 Å². The van der Waals surface area contributed by atoms with Crippen LogP contribution in [0.5, 0.6) is 0 Å². The van der Waals surface area contributed by atoms with Gasteiger partial charge in [-0.3, -0.25) is 0 Å². The van der Waals surface area contributed by atoms with E-state index < -0.39 is 0 Å². The van der Waals surface area contributed by atoms with Gasteiger partial charge in [-0.2, -0.15) is 0 Å². The van der Waals surface area contributed by atoms with Gasteiger partial charge in [0.1, 0.15) is 5.65 Å². The number of ether oxygens (including phenoxy) is 1. The van der Waals surface area contributed by atoms with Crippen LogP contribution in [0.1, 0.15) is 25.3 Å². The average Bonchev–Trinajstić information content (AvgIpc) is 3.20. The van der Waals surface area contributed by atoms with Gasteiger partial charge in [-0.25, -0.2) is 4.98 Å². The topological polar surface area (TPSA) is 39.1 Å². The molecule has 0 aromatic carbocycles. The Bertz CT molecular complexity index is 545. The lowest BCUT2D eigenvalue weighted by Gasteiger charge is -2.04. The monoisotopic (exact) mass is 259 g/mol. The Labute approximate surface area is 113 Å². The lowest BCUT2D eigenvalue weighted by atomic mass is 10.2. The van der Waals surface area contributed by atoms with Crippen molar-refractivity contribution in [3.8, 4) is 0 Å². The molecule has 0 saturated heterocycles. The van der Waals surface area contributed by atoms with Crippen LogP contribution in [0.4, 0.5) is 0 Å². The van der Waals surface area contributed by atoms with Crippen molar-refractivity contribution in [2.75, 3.05) is 13.2 Å². The fraction of sp³-hybridized carbons (Fsp3) is 0.533. The number of hydrogen-bond donors (Lipinski definition) is 1. The maximum absolute atomic E-state index is 5.44. The standard InChI is InChI=1S/C15H21N3O/c1-2-19-9-8-18-11-12(10-17-13-5-6-13)14-4-3-7-16-15(14)18/h3-4,7,11,13,17H,2,5-6,8-10H2,1H3. The third-order valence-electron chi connectivity index (χ3n) is 3.56. The quantitative estimate of drug-likeness (QED) is 0.776. The van der Waals surface area contributed by atoms with Crippen LogP contribution in [0.25, 0.3) is 11.0 Å². The number of nitrogens with one attached hydrogen (secondary N) is 1. The van der Waals surface area contributed by atoms with Crippen LogP contribution in [0.3, 0.4) is 0 Å². The molecule has 1 fully saturated rings. The summed E-state index contributed by atoms with van der Waals surface area (Å²) in [5, 5.41) is 4.83. The Morgan fingerprint density at radius 3 is 3.16 bits per heavy atom. The minimum absolute atomic E-state index is 0.735. The number of aromatic nitrogens is 2. The van der Waals surface area contributed by atoms with Crippen LogP contribution in [-0.4, -0.2) is 28.8 Å². The van der Waals surface area contributed by atoms with Gasteiger partial charge in [0.15, 0.2) is 0 Å². The summed E-state index contributed by atoms with van der Waals surface area (Å²) in [5.74, 6) is 0. The first-order valence-corrected chi connectivity index (χ1v) is 7.12. The Hall–Kier alpha value is -1.39. The zero-order valence-corrected chi connectivity index (χ0v) is 11.4. The Kier molecular flexibility index (Phi) is 3.80. The smallest absolute Gasteiger partial charge is 0.140 e. The van der Waals surface area contributed by atoms with E-state index in [0.717, 1.165) is 38.0 Å². The normalized spacial score (nSPS) is 15.2. The molecule has 0 aliphatic heterocycles. The van der Waals surface area contributed by atoms with E-state index in [0.29, 0.717) is 0 Å². The molecule has 19 heavy (non-hydrogen) atoms. The molecule has 0 unspecified atom stereocenters. The summed E-state index contributed by atoms with van der Waals surface area (Å²) in [7, 11) is 0. The third kappa shape index (κ3) is 2.96. The Morgan fingerprint density at radius 1 is 1.47 bits per heavy atom. The van der Waals surface area contributed by atoms with Crippen molar-refractivity contribution in [3.63, 3.8) is 0 Å². The van der Waals surface area contributed by atoms with Gasteiger partial charge in [0.2, 0.25) is 0 Å². The van der Waals surface area contributed by atoms with Crippen molar-refractivity contribution in [2.24, 2.45) is 0 Å². The molecule has 1 N–H and O–H groups in total. The summed E-state index contributed by atoms with van der Waals surface area (Å²) in [4.78, 5) is 4.50. The fourth-order valence-corrected chi connectivity index (χ4v) is 2.36. The molecule has 1 aliphatic carbocycles. The minimum Gasteiger partial charge on any atom is -0.380 e. The molecule has 1 aliphatic rings. The summed E-state index contributed by atoms with van der Waals surface area (Å²) < 4.78 is 7.64. The maximum Gasteiger partial charge on any atom is 0.140 e. The van der Waals surface area contributed by atoms with E-state index >= 15 is 0 Å². The van der Waals surface area contributed by atoms with Crippen molar-refractivity contribution in [1.29, 1.82) is 0 Å². The average molecular weight is 259 g/mol. The van der Waals surface area contributed by atoms with E-state index in [9.17, 15) is 0 Å². The molecule has 0 bridgehead atoms. The van der Waals surface area contributed by atoms with Gasteiger partial charge in [-0.05, 0) is 37.5 Å².